The Morgan fingerprint density at radius 3 is 2.52 bits per heavy atom. The van der Waals surface area contributed by atoms with Crippen molar-refractivity contribution in [2.24, 2.45) is 0 Å². The zero-order chi connectivity index (χ0) is 23.2. The van der Waals surface area contributed by atoms with E-state index in [1.807, 2.05) is 78.9 Å². The minimum atomic E-state index is -0.196. The highest BCUT2D eigenvalue weighted by Gasteiger charge is 2.31. The second kappa shape index (κ2) is 10.1. The van der Waals surface area contributed by atoms with E-state index in [1.165, 1.54) is 4.90 Å². The Morgan fingerprint density at radius 2 is 1.76 bits per heavy atom. The van der Waals surface area contributed by atoms with Crippen molar-refractivity contribution < 1.29 is 14.3 Å². The van der Waals surface area contributed by atoms with Crippen LogP contribution >= 0.6 is 12.2 Å². The Bertz CT molecular complexity index is 1220. The van der Waals surface area contributed by atoms with Gasteiger partial charge in [-0.25, -0.2) is 0 Å². The predicted octanol–water partition coefficient (Wildman–Crippen LogP) is 5.26. The SMILES string of the molecule is C=CCc1ccccc1OCc1cc(/C=C2/NC(=S)N(c3ccccc3)C2=O)ccc1OC. The molecule has 6 heteroatoms. The fourth-order valence-corrected chi connectivity index (χ4v) is 3.94. The number of carbonyl (C=O) groups is 1. The maximum Gasteiger partial charge on any atom is 0.281 e. The van der Waals surface area contributed by atoms with Crippen LogP contribution in [-0.2, 0) is 17.8 Å². The minimum Gasteiger partial charge on any atom is -0.496 e. The van der Waals surface area contributed by atoms with Gasteiger partial charge in [-0.05, 0) is 66.2 Å². The lowest BCUT2D eigenvalue weighted by Crippen LogP contribution is -2.30. The quantitative estimate of drug-likeness (QED) is 0.285. The average Bonchev–Trinajstić information content (AvgIpc) is 3.12. The van der Waals surface area contributed by atoms with Crippen LogP contribution in [0.4, 0.5) is 5.69 Å². The van der Waals surface area contributed by atoms with Crippen molar-refractivity contribution >= 4 is 35.0 Å². The van der Waals surface area contributed by atoms with Gasteiger partial charge in [0.1, 0.15) is 23.8 Å². The van der Waals surface area contributed by atoms with E-state index in [-0.39, 0.29) is 5.91 Å². The molecule has 166 valence electrons. The van der Waals surface area contributed by atoms with Crippen LogP contribution in [0.25, 0.3) is 6.08 Å². The molecule has 1 amide bonds. The van der Waals surface area contributed by atoms with Gasteiger partial charge in [-0.15, -0.1) is 6.58 Å². The molecular weight excluding hydrogens is 432 g/mol. The molecule has 0 aromatic heterocycles. The lowest BCUT2D eigenvalue weighted by Gasteiger charge is -2.14. The minimum absolute atomic E-state index is 0.196. The van der Waals surface area contributed by atoms with Gasteiger partial charge in [0.2, 0.25) is 0 Å². The Morgan fingerprint density at radius 1 is 1.00 bits per heavy atom. The molecule has 5 nitrogen and oxygen atoms in total. The van der Waals surface area contributed by atoms with Gasteiger partial charge in [0.05, 0.1) is 12.8 Å². The van der Waals surface area contributed by atoms with Gasteiger partial charge >= 0.3 is 0 Å². The molecule has 33 heavy (non-hydrogen) atoms. The number of thiocarbonyl (C=S) groups is 1. The van der Waals surface area contributed by atoms with E-state index >= 15 is 0 Å². The number of para-hydroxylation sites is 2. The number of allylic oxidation sites excluding steroid dienone is 1. The monoisotopic (exact) mass is 456 g/mol. The van der Waals surface area contributed by atoms with E-state index < -0.39 is 0 Å². The molecule has 0 unspecified atom stereocenters. The van der Waals surface area contributed by atoms with Crippen LogP contribution in [0.3, 0.4) is 0 Å². The summed E-state index contributed by atoms with van der Waals surface area (Å²) in [5.74, 6) is 1.32. The summed E-state index contributed by atoms with van der Waals surface area (Å²) < 4.78 is 11.6. The summed E-state index contributed by atoms with van der Waals surface area (Å²) >= 11 is 5.39. The standard InChI is InChI=1S/C27H24N2O3S/c1-3-9-20-10-7-8-13-25(20)32-18-21-16-19(14-15-24(21)31-2)17-23-26(30)29(27(33)28-23)22-11-5-4-6-12-22/h3-8,10-17H,1,9,18H2,2H3,(H,28,33)/b23-17+. The first-order valence-corrected chi connectivity index (χ1v) is 10.9. The molecule has 3 aromatic carbocycles. The van der Waals surface area contributed by atoms with E-state index in [0.29, 0.717) is 23.2 Å². The molecule has 1 heterocycles. The first-order chi connectivity index (χ1) is 16.1. The molecule has 0 aliphatic carbocycles. The number of hydrogen-bond donors (Lipinski definition) is 1. The van der Waals surface area contributed by atoms with Gasteiger partial charge in [-0.2, -0.15) is 0 Å². The summed E-state index contributed by atoms with van der Waals surface area (Å²) in [5.41, 5.74) is 3.91. The van der Waals surface area contributed by atoms with Gasteiger partial charge in [-0.1, -0.05) is 48.5 Å². The van der Waals surface area contributed by atoms with Gasteiger partial charge < -0.3 is 14.8 Å². The molecule has 0 bridgehead atoms. The van der Waals surface area contributed by atoms with Crippen LogP contribution < -0.4 is 19.7 Å². The first kappa shape index (κ1) is 22.3. The Hall–Kier alpha value is -3.90. The van der Waals surface area contributed by atoms with Crippen molar-refractivity contribution in [2.75, 3.05) is 12.0 Å². The van der Waals surface area contributed by atoms with E-state index in [4.69, 9.17) is 21.7 Å². The fraction of sp³-hybridized carbons (Fsp3) is 0.111. The molecule has 1 N–H and O–H groups in total. The number of nitrogens with zero attached hydrogens (tertiary/aromatic N) is 1. The number of ether oxygens (including phenoxy) is 2. The van der Waals surface area contributed by atoms with Crippen LogP contribution in [0.5, 0.6) is 11.5 Å². The molecule has 1 aliphatic heterocycles. The summed E-state index contributed by atoms with van der Waals surface area (Å²) in [6.45, 7) is 4.13. The molecule has 1 saturated heterocycles. The van der Waals surface area contributed by atoms with Gasteiger partial charge in [-0.3, -0.25) is 9.69 Å². The predicted molar refractivity (Wildman–Crippen MR) is 135 cm³/mol. The zero-order valence-electron chi connectivity index (χ0n) is 18.3. The number of anilines is 1. The van der Waals surface area contributed by atoms with Crippen LogP contribution in [0.1, 0.15) is 16.7 Å². The maximum atomic E-state index is 13.0. The van der Waals surface area contributed by atoms with Crippen LogP contribution in [-0.4, -0.2) is 18.1 Å². The second-order valence-corrected chi connectivity index (χ2v) is 7.81. The number of methoxy groups -OCH3 is 1. The Labute approximate surface area is 199 Å². The van der Waals surface area contributed by atoms with Gasteiger partial charge in [0.25, 0.3) is 5.91 Å². The lowest BCUT2D eigenvalue weighted by atomic mass is 10.1. The molecule has 0 saturated carbocycles. The smallest absolute Gasteiger partial charge is 0.281 e. The summed E-state index contributed by atoms with van der Waals surface area (Å²) in [7, 11) is 1.63. The van der Waals surface area contributed by atoms with E-state index in [2.05, 4.69) is 11.9 Å². The number of amides is 1. The maximum absolute atomic E-state index is 13.0. The van der Waals surface area contributed by atoms with Crippen molar-refractivity contribution in [3.05, 3.63) is 108 Å². The molecule has 0 radical (unpaired) electrons. The topological polar surface area (TPSA) is 50.8 Å². The van der Waals surface area contributed by atoms with Crippen molar-refractivity contribution in [1.29, 1.82) is 0 Å². The molecular formula is C27H24N2O3S. The summed E-state index contributed by atoms with van der Waals surface area (Å²) in [5, 5.41) is 3.38. The number of carbonyl (C=O) groups excluding carboxylic acids is 1. The zero-order valence-corrected chi connectivity index (χ0v) is 19.1. The number of hydrogen-bond acceptors (Lipinski definition) is 4. The van der Waals surface area contributed by atoms with E-state index in [0.717, 1.165) is 34.5 Å². The summed E-state index contributed by atoms with van der Waals surface area (Å²) in [6.07, 6.45) is 4.36. The van der Waals surface area contributed by atoms with Crippen molar-refractivity contribution in [1.82, 2.24) is 5.32 Å². The first-order valence-electron chi connectivity index (χ1n) is 10.5. The number of nitrogens with one attached hydrogen (secondary N) is 1. The third-order valence-corrected chi connectivity index (χ3v) is 5.51. The average molecular weight is 457 g/mol. The van der Waals surface area contributed by atoms with Crippen molar-refractivity contribution in [3.63, 3.8) is 0 Å². The highest BCUT2D eigenvalue weighted by molar-refractivity contribution is 7.80. The van der Waals surface area contributed by atoms with Crippen LogP contribution in [0, 0.1) is 0 Å². The Balaban J connectivity index is 1.57. The summed E-state index contributed by atoms with van der Waals surface area (Å²) in [4.78, 5) is 14.5. The Kier molecular flexibility index (Phi) is 6.86. The molecule has 3 aromatic rings. The van der Waals surface area contributed by atoms with E-state index in [9.17, 15) is 4.79 Å². The second-order valence-electron chi connectivity index (χ2n) is 7.42. The lowest BCUT2D eigenvalue weighted by molar-refractivity contribution is -0.113. The molecule has 4 rings (SSSR count). The fourth-order valence-electron chi connectivity index (χ4n) is 3.64. The number of benzene rings is 3. The van der Waals surface area contributed by atoms with Crippen LogP contribution in [0.15, 0.2) is 91.1 Å². The highest BCUT2D eigenvalue weighted by atomic mass is 32.1. The van der Waals surface area contributed by atoms with Crippen molar-refractivity contribution in [3.8, 4) is 11.5 Å². The van der Waals surface area contributed by atoms with Crippen LogP contribution in [0.2, 0.25) is 0 Å². The third kappa shape index (κ3) is 4.96. The van der Waals surface area contributed by atoms with Crippen molar-refractivity contribution in [2.45, 2.75) is 13.0 Å². The molecule has 1 fully saturated rings. The molecule has 0 spiro atoms. The largest absolute Gasteiger partial charge is 0.496 e. The summed E-state index contributed by atoms with van der Waals surface area (Å²) in [6, 6.07) is 22.9. The normalized spacial score (nSPS) is 14.3. The number of rotatable bonds is 8. The molecule has 0 atom stereocenters. The van der Waals surface area contributed by atoms with Gasteiger partial charge in [0, 0.05) is 5.56 Å². The molecule has 1 aliphatic rings. The highest BCUT2D eigenvalue weighted by Crippen LogP contribution is 2.27. The third-order valence-electron chi connectivity index (χ3n) is 5.23. The van der Waals surface area contributed by atoms with Gasteiger partial charge in [0.15, 0.2) is 5.11 Å². The van der Waals surface area contributed by atoms with E-state index in [1.54, 1.807) is 13.2 Å².